The summed E-state index contributed by atoms with van der Waals surface area (Å²) in [5, 5.41) is 0. The van der Waals surface area contributed by atoms with Crippen LogP contribution in [-0.2, 0) is 0 Å². The summed E-state index contributed by atoms with van der Waals surface area (Å²) in [6.07, 6.45) is 2.33. The number of nitrogens with two attached hydrogens (primary N) is 2. The molecule has 0 radical (unpaired) electrons. The van der Waals surface area contributed by atoms with E-state index in [0.717, 1.165) is 30.6 Å². The van der Waals surface area contributed by atoms with Crippen molar-refractivity contribution in [1.82, 2.24) is 0 Å². The van der Waals surface area contributed by atoms with Crippen molar-refractivity contribution in [2.45, 2.75) is 26.7 Å². The van der Waals surface area contributed by atoms with Crippen molar-refractivity contribution in [2.24, 2.45) is 17.6 Å². The van der Waals surface area contributed by atoms with E-state index >= 15 is 0 Å². The fraction of sp³-hybridized carbons (Fsp3) is 0.533. The van der Waals surface area contributed by atoms with E-state index in [9.17, 15) is 4.79 Å². The molecule has 0 atom stereocenters. The maximum absolute atomic E-state index is 11.5. The average Bonchev–Trinajstić information content (AvgIpc) is 2.38. The van der Waals surface area contributed by atoms with Crippen molar-refractivity contribution < 1.29 is 4.79 Å². The molecule has 1 fully saturated rings. The Morgan fingerprint density at radius 1 is 1.32 bits per heavy atom. The van der Waals surface area contributed by atoms with Crippen LogP contribution in [0.2, 0.25) is 0 Å². The average molecular weight is 261 g/mol. The second-order valence-corrected chi connectivity index (χ2v) is 5.71. The highest BCUT2D eigenvalue weighted by Crippen LogP contribution is 2.30. The maximum Gasteiger partial charge on any atom is 0.250 e. The summed E-state index contributed by atoms with van der Waals surface area (Å²) in [5.74, 6) is 1.10. The molecule has 4 nitrogen and oxygen atoms in total. The SMILES string of the molecule is CC(C)C1CCN(c2ccc(N)cc2C(N)=O)CC1. The number of amides is 1. The Labute approximate surface area is 114 Å². The van der Waals surface area contributed by atoms with E-state index in [4.69, 9.17) is 11.5 Å². The minimum atomic E-state index is -0.409. The lowest BCUT2D eigenvalue weighted by Crippen LogP contribution is -2.36. The third-order valence-electron chi connectivity index (χ3n) is 4.11. The summed E-state index contributed by atoms with van der Waals surface area (Å²) < 4.78 is 0. The molecule has 0 spiro atoms. The third kappa shape index (κ3) is 3.00. The van der Waals surface area contributed by atoms with Gasteiger partial charge in [-0.25, -0.2) is 0 Å². The van der Waals surface area contributed by atoms with E-state index in [0.29, 0.717) is 11.3 Å². The normalized spacial score (nSPS) is 16.9. The second kappa shape index (κ2) is 5.51. The number of nitrogens with zero attached hydrogens (tertiary/aromatic N) is 1. The summed E-state index contributed by atoms with van der Waals surface area (Å²) in [7, 11) is 0. The van der Waals surface area contributed by atoms with Crippen LogP contribution in [0.5, 0.6) is 0 Å². The summed E-state index contributed by atoms with van der Waals surface area (Å²) in [6.45, 7) is 6.51. The van der Waals surface area contributed by atoms with Crippen molar-refractivity contribution in [2.75, 3.05) is 23.7 Å². The molecule has 1 aromatic carbocycles. The molecule has 1 aliphatic heterocycles. The molecule has 104 valence electrons. The predicted molar refractivity (Wildman–Crippen MR) is 79.1 cm³/mol. The van der Waals surface area contributed by atoms with Gasteiger partial charge in [0.15, 0.2) is 0 Å². The molecule has 4 N–H and O–H groups in total. The van der Waals surface area contributed by atoms with Crippen LogP contribution in [0, 0.1) is 11.8 Å². The van der Waals surface area contributed by atoms with E-state index in [1.165, 1.54) is 12.8 Å². The number of nitrogen functional groups attached to an aromatic ring is 1. The van der Waals surface area contributed by atoms with Crippen LogP contribution < -0.4 is 16.4 Å². The Balaban J connectivity index is 2.17. The zero-order valence-corrected chi connectivity index (χ0v) is 11.7. The van der Waals surface area contributed by atoms with E-state index in [1.807, 2.05) is 12.1 Å². The molecular weight excluding hydrogens is 238 g/mol. The number of carbonyl (C=O) groups excluding carboxylic acids is 1. The van der Waals surface area contributed by atoms with Gasteiger partial charge in [0.25, 0.3) is 5.91 Å². The lowest BCUT2D eigenvalue weighted by Gasteiger charge is -2.36. The van der Waals surface area contributed by atoms with Gasteiger partial charge in [-0.3, -0.25) is 4.79 Å². The first-order valence-corrected chi connectivity index (χ1v) is 6.93. The van der Waals surface area contributed by atoms with Crippen LogP contribution in [0.15, 0.2) is 18.2 Å². The number of carbonyl (C=O) groups is 1. The highest BCUT2D eigenvalue weighted by molar-refractivity contribution is 5.99. The highest BCUT2D eigenvalue weighted by atomic mass is 16.1. The zero-order chi connectivity index (χ0) is 14.0. The van der Waals surface area contributed by atoms with E-state index in [-0.39, 0.29) is 0 Å². The Hall–Kier alpha value is -1.71. The van der Waals surface area contributed by atoms with Crippen molar-refractivity contribution in [3.05, 3.63) is 23.8 Å². The van der Waals surface area contributed by atoms with Crippen LogP contribution in [0.25, 0.3) is 0 Å². The van der Waals surface area contributed by atoms with Crippen molar-refractivity contribution >= 4 is 17.3 Å². The molecule has 1 amide bonds. The minimum Gasteiger partial charge on any atom is -0.399 e. The molecule has 0 aromatic heterocycles. The Bertz CT molecular complexity index is 462. The van der Waals surface area contributed by atoms with Gasteiger partial charge >= 0.3 is 0 Å². The largest absolute Gasteiger partial charge is 0.399 e. The molecule has 0 saturated carbocycles. The standard InChI is InChI=1S/C15H23N3O/c1-10(2)11-5-7-18(8-6-11)14-4-3-12(16)9-13(14)15(17)19/h3-4,9-11H,5-8,16H2,1-2H3,(H2,17,19). The molecule has 19 heavy (non-hydrogen) atoms. The third-order valence-corrected chi connectivity index (χ3v) is 4.11. The smallest absolute Gasteiger partial charge is 0.250 e. The van der Waals surface area contributed by atoms with Gasteiger partial charge in [0.1, 0.15) is 0 Å². The predicted octanol–water partition coefficient (Wildman–Crippen LogP) is 2.24. The van der Waals surface area contributed by atoms with Crippen LogP contribution in [0.1, 0.15) is 37.0 Å². The van der Waals surface area contributed by atoms with Crippen molar-refractivity contribution in [3.8, 4) is 0 Å². The van der Waals surface area contributed by atoms with Crippen molar-refractivity contribution in [3.63, 3.8) is 0 Å². The fourth-order valence-electron chi connectivity index (χ4n) is 2.83. The number of benzene rings is 1. The van der Waals surface area contributed by atoms with Gasteiger partial charge in [-0.2, -0.15) is 0 Å². The highest BCUT2D eigenvalue weighted by Gasteiger charge is 2.23. The molecule has 0 bridgehead atoms. The Morgan fingerprint density at radius 3 is 2.47 bits per heavy atom. The fourth-order valence-corrected chi connectivity index (χ4v) is 2.83. The van der Waals surface area contributed by atoms with Crippen molar-refractivity contribution in [1.29, 1.82) is 0 Å². The monoisotopic (exact) mass is 261 g/mol. The summed E-state index contributed by atoms with van der Waals surface area (Å²) in [5.41, 5.74) is 13.2. The van der Waals surface area contributed by atoms with E-state index < -0.39 is 5.91 Å². The Kier molecular flexibility index (Phi) is 3.98. The van der Waals surface area contributed by atoms with Crippen LogP contribution in [-0.4, -0.2) is 19.0 Å². The van der Waals surface area contributed by atoms with Gasteiger partial charge in [0.2, 0.25) is 0 Å². The minimum absolute atomic E-state index is 0.409. The molecule has 1 heterocycles. The Morgan fingerprint density at radius 2 is 1.95 bits per heavy atom. The number of primary amides is 1. The first-order chi connectivity index (χ1) is 8.99. The van der Waals surface area contributed by atoms with Crippen LogP contribution in [0.4, 0.5) is 11.4 Å². The van der Waals surface area contributed by atoms with E-state index in [1.54, 1.807) is 6.07 Å². The van der Waals surface area contributed by atoms with Crippen LogP contribution in [0.3, 0.4) is 0 Å². The molecule has 0 unspecified atom stereocenters. The summed E-state index contributed by atoms with van der Waals surface area (Å²) in [4.78, 5) is 13.8. The van der Waals surface area contributed by atoms with Gasteiger partial charge in [-0.1, -0.05) is 13.8 Å². The van der Waals surface area contributed by atoms with Gasteiger partial charge < -0.3 is 16.4 Å². The van der Waals surface area contributed by atoms with E-state index in [2.05, 4.69) is 18.7 Å². The number of hydrogen-bond acceptors (Lipinski definition) is 3. The van der Waals surface area contributed by atoms with Gasteiger partial charge in [0.05, 0.1) is 5.56 Å². The molecule has 2 rings (SSSR count). The molecule has 1 saturated heterocycles. The van der Waals surface area contributed by atoms with Gasteiger partial charge in [-0.15, -0.1) is 0 Å². The number of piperidine rings is 1. The first-order valence-electron chi connectivity index (χ1n) is 6.93. The first kappa shape index (κ1) is 13.7. The van der Waals surface area contributed by atoms with Gasteiger partial charge in [0, 0.05) is 24.5 Å². The van der Waals surface area contributed by atoms with Gasteiger partial charge in [-0.05, 0) is 42.9 Å². The molecule has 1 aliphatic rings. The lowest BCUT2D eigenvalue weighted by molar-refractivity contribution is 0.100. The molecule has 0 aliphatic carbocycles. The molecule has 4 heteroatoms. The zero-order valence-electron chi connectivity index (χ0n) is 11.7. The number of anilines is 2. The second-order valence-electron chi connectivity index (χ2n) is 5.71. The summed E-state index contributed by atoms with van der Waals surface area (Å²) in [6, 6.07) is 5.41. The molecule has 1 aromatic rings. The lowest BCUT2D eigenvalue weighted by atomic mass is 9.86. The number of hydrogen-bond donors (Lipinski definition) is 2. The van der Waals surface area contributed by atoms with Crippen LogP contribution >= 0.6 is 0 Å². The topological polar surface area (TPSA) is 72.3 Å². The maximum atomic E-state index is 11.5. The summed E-state index contributed by atoms with van der Waals surface area (Å²) >= 11 is 0. The molecular formula is C15H23N3O. The quantitative estimate of drug-likeness (QED) is 0.820. The number of rotatable bonds is 3.